The van der Waals surface area contributed by atoms with Crippen LogP contribution in [0.4, 0.5) is 0 Å². The number of hydrazine groups is 1. The van der Waals surface area contributed by atoms with Gasteiger partial charge in [0, 0.05) is 26.2 Å². The van der Waals surface area contributed by atoms with Crippen molar-refractivity contribution in [1.29, 1.82) is 0 Å². The zero-order valence-electron chi connectivity index (χ0n) is 12.6. The Hall–Kier alpha value is -0.0800. The zero-order chi connectivity index (χ0) is 12.9. The van der Waals surface area contributed by atoms with Crippen LogP contribution in [0, 0.1) is 5.41 Å². The van der Waals surface area contributed by atoms with Crippen LogP contribution in [-0.2, 0) is 0 Å². The van der Waals surface area contributed by atoms with Crippen LogP contribution in [0.3, 0.4) is 0 Å². The molecule has 1 fully saturated rings. The van der Waals surface area contributed by atoms with E-state index in [1.807, 2.05) is 0 Å². The average molecular weight is 240 g/mol. The van der Waals surface area contributed by atoms with Crippen molar-refractivity contribution in [3.63, 3.8) is 0 Å². The van der Waals surface area contributed by atoms with Crippen molar-refractivity contribution in [3.05, 3.63) is 0 Å². The van der Waals surface area contributed by atoms with Gasteiger partial charge in [-0.1, -0.05) is 47.0 Å². The summed E-state index contributed by atoms with van der Waals surface area (Å²) in [6.45, 7) is 11.8. The fraction of sp³-hybridized carbons (Fsp3) is 1.00. The SMILES string of the molecule is CCCN(CC)N(C)C1CCCCCC1(C)C. The highest BCUT2D eigenvalue weighted by Crippen LogP contribution is 2.37. The van der Waals surface area contributed by atoms with E-state index in [1.54, 1.807) is 0 Å². The first kappa shape index (κ1) is 15.0. The van der Waals surface area contributed by atoms with Gasteiger partial charge in [0.2, 0.25) is 0 Å². The molecule has 0 heterocycles. The van der Waals surface area contributed by atoms with Crippen molar-refractivity contribution >= 4 is 0 Å². The summed E-state index contributed by atoms with van der Waals surface area (Å²) in [4.78, 5) is 0. The van der Waals surface area contributed by atoms with Crippen molar-refractivity contribution < 1.29 is 0 Å². The lowest BCUT2D eigenvalue weighted by molar-refractivity contribution is -0.0745. The van der Waals surface area contributed by atoms with Crippen molar-refractivity contribution in [2.45, 2.75) is 72.3 Å². The van der Waals surface area contributed by atoms with Gasteiger partial charge in [0.05, 0.1) is 0 Å². The minimum atomic E-state index is 0.465. The summed E-state index contributed by atoms with van der Waals surface area (Å²) in [5, 5.41) is 5.08. The van der Waals surface area contributed by atoms with Gasteiger partial charge in [-0.2, -0.15) is 0 Å². The maximum Gasteiger partial charge on any atom is 0.0293 e. The monoisotopic (exact) mass is 240 g/mol. The predicted octanol–water partition coefficient (Wildman–Crippen LogP) is 3.92. The third-order valence-electron chi connectivity index (χ3n) is 4.44. The first-order chi connectivity index (χ1) is 8.03. The molecule has 0 radical (unpaired) electrons. The average Bonchev–Trinajstić information content (AvgIpc) is 2.46. The molecule has 0 aliphatic heterocycles. The Bertz CT molecular complexity index is 213. The van der Waals surface area contributed by atoms with E-state index in [9.17, 15) is 0 Å². The van der Waals surface area contributed by atoms with E-state index >= 15 is 0 Å². The summed E-state index contributed by atoms with van der Waals surface area (Å²) in [6.07, 6.45) is 8.23. The summed E-state index contributed by atoms with van der Waals surface area (Å²) < 4.78 is 0. The molecule has 0 spiro atoms. The number of hydrogen-bond acceptors (Lipinski definition) is 2. The normalized spacial score (nSPS) is 25.2. The molecule has 1 unspecified atom stereocenters. The Kier molecular flexibility index (Phi) is 5.94. The third kappa shape index (κ3) is 3.96. The van der Waals surface area contributed by atoms with Crippen LogP contribution in [0.15, 0.2) is 0 Å². The van der Waals surface area contributed by atoms with Crippen molar-refractivity contribution in [2.24, 2.45) is 5.41 Å². The Morgan fingerprint density at radius 3 is 2.41 bits per heavy atom. The van der Waals surface area contributed by atoms with Crippen LogP contribution in [0.25, 0.3) is 0 Å². The second-order valence-corrected chi connectivity index (χ2v) is 6.22. The van der Waals surface area contributed by atoms with Gasteiger partial charge >= 0.3 is 0 Å². The predicted molar refractivity (Wildman–Crippen MR) is 76.0 cm³/mol. The number of nitrogens with zero attached hydrogens (tertiary/aromatic N) is 2. The highest BCUT2D eigenvalue weighted by Gasteiger charge is 2.35. The van der Waals surface area contributed by atoms with Crippen LogP contribution in [0.2, 0.25) is 0 Å². The Morgan fingerprint density at radius 2 is 1.82 bits per heavy atom. The zero-order valence-corrected chi connectivity index (χ0v) is 12.6. The van der Waals surface area contributed by atoms with E-state index in [1.165, 1.54) is 45.1 Å². The Labute approximate surface area is 108 Å². The van der Waals surface area contributed by atoms with Gasteiger partial charge in [0.15, 0.2) is 0 Å². The van der Waals surface area contributed by atoms with E-state index in [0.29, 0.717) is 5.41 Å². The molecule has 17 heavy (non-hydrogen) atoms. The van der Waals surface area contributed by atoms with Crippen LogP contribution in [-0.4, -0.2) is 36.2 Å². The molecular formula is C15H32N2. The number of rotatable bonds is 5. The number of hydrogen-bond donors (Lipinski definition) is 0. The molecule has 1 aliphatic carbocycles. The Morgan fingerprint density at radius 1 is 1.12 bits per heavy atom. The molecule has 2 heteroatoms. The van der Waals surface area contributed by atoms with Crippen LogP contribution < -0.4 is 0 Å². The molecular weight excluding hydrogens is 208 g/mol. The van der Waals surface area contributed by atoms with Gasteiger partial charge in [-0.05, 0) is 24.7 Å². The fourth-order valence-electron chi connectivity index (χ4n) is 3.34. The second kappa shape index (κ2) is 6.75. The molecule has 1 rings (SSSR count). The third-order valence-corrected chi connectivity index (χ3v) is 4.44. The lowest BCUT2D eigenvalue weighted by Crippen LogP contribution is -2.51. The minimum Gasteiger partial charge on any atom is -0.242 e. The molecule has 0 aromatic rings. The van der Waals surface area contributed by atoms with Gasteiger partial charge in [0.1, 0.15) is 0 Å². The van der Waals surface area contributed by atoms with Crippen molar-refractivity contribution in [2.75, 3.05) is 20.1 Å². The molecule has 0 N–H and O–H groups in total. The first-order valence-corrected chi connectivity index (χ1v) is 7.50. The van der Waals surface area contributed by atoms with E-state index in [4.69, 9.17) is 0 Å². The van der Waals surface area contributed by atoms with Gasteiger partial charge in [-0.3, -0.25) is 0 Å². The summed E-state index contributed by atoms with van der Waals surface area (Å²) in [6, 6.07) is 0.719. The van der Waals surface area contributed by atoms with Crippen molar-refractivity contribution in [1.82, 2.24) is 10.0 Å². The quantitative estimate of drug-likeness (QED) is 0.531. The molecule has 0 aromatic heterocycles. The molecule has 0 aromatic carbocycles. The molecule has 102 valence electrons. The highest BCUT2D eigenvalue weighted by atomic mass is 15.6. The summed E-state index contributed by atoms with van der Waals surface area (Å²) in [5.41, 5.74) is 0.465. The second-order valence-electron chi connectivity index (χ2n) is 6.22. The minimum absolute atomic E-state index is 0.465. The van der Waals surface area contributed by atoms with Gasteiger partial charge in [-0.25, -0.2) is 10.0 Å². The summed E-state index contributed by atoms with van der Waals surface area (Å²) >= 11 is 0. The molecule has 1 atom stereocenters. The lowest BCUT2D eigenvalue weighted by Gasteiger charge is -2.44. The van der Waals surface area contributed by atoms with Crippen LogP contribution in [0.1, 0.15) is 66.2 Å². The molecule has 1 saturated carbocycles. The molecule has 0 amide bonds. The van der Waals surface area contributed by atoms with E-state index in [2.05, 4.69) is 44.8 Å². The van der Waals surface area contributed by atoms with E-state index < -0.39 is 0 Å². The van der Waals surface area contributed by atoms with Gasteiger partial charge < -0.3 is 0 Å². The topological polar surface area (TPSA) is 6.48 Å². The summed E-state index contributed by atoms with van der Waals surface area (Å²) in [7, 11) is 2.30. The fourth-order valence-corrected chi connectivity index (χ4v) is 3.34. The van der Waals surface area contributed by atoms with Crippen LogP contribution >= 0.6 is 0 Å². The van der Waals surface area contributed by atoms with Crippen LogP contribution in [0.5, 0.6) is 0 Å². The smallest absolute Gasteiger partial charge is 0.0293 e. The maximum atomic E-state index is 2.55. The standard InChI is InChI=1S/C15H32N2/c1-6-13-17(7-2)16(5)14-11-9-8-10-12-15(14,3)4/h14H,6-13H2,1-5H3. The van der Waals surface area contributed by atoms with Crippen molar-refractivity contribution in [3.8, 4) is 0 Å². The largest absolute Gasteiger partial charge is 0.242 e. The summed E-state index contributed by atoms with van der Waals surface area (Å²) in [5.74, 6) is 0. The maximum absolute atomic E-state index is 2.55. The van der Waals surface area contributed by atoms with Gasteiger partial charge in [-0.15, -0.1) is 0 Å². The molecule has 1 aliphatic rings. The van der Waals surface area contributed by atoms with E-state index in [-0.39, 0.29) is 0 Å². The molecule has 0 saturated heterocycles. The Balaban J connectivity index is 2.72. The van der Waals surface area contributed by atoms with E-state index in [0.717, 1.165) is 12.6 Å². The highest BCUT2D eigenvalue weighted by molar-refractivity contribution is 4.86. The van der Waals surface area contributed by atoms with Gasteiger partial charge in [0.25, 0.3) is 0 Å². The lowest BCUT2D eigenvalue weighted by atomic mass is 9.80. The molecule has 0 bridgehead atoms. The molecule has 2 nitrogen and oxygen atoms in total. The first-order valence-electron chi connectivity index (χ1n) is 7.50.